The number of nitrogens with zero attached hydrogens (tertiary/aromatic N) is 2. The van der Waals surface area contributed by atoms with E-state index in [1.165, 1.54) is 0 Å². The molecule has 0 radical (unpaired) electrons. The van der Waals surface area contributed by atoms with Crippen LogP contribution in [0.5, 0.6) is 0 Å². The summed E-state index contributed by atoms with van der Waals surface area (Å²) in [7, 11) is 1.79. The molecule has 0 amide bonds. The highest BCUT2D eigenvalue weighted by Gasteiger charge is 2.32. The molecule has 0 bridgehead atoms. The van der Waals surface area contributed by atoms with Gasteiger partial charge < -0.3 is 10.2 Å². The Morgan fingerprint density at radius 1 is 1.50 bits per heavy atom. The van der Waals surface area contributed by atoms with E-state index in [4.69, 9.17) is 11.6 Å². The predicted molar refractivity (Wildman–Crippen MR) is 63.9 cm³/mol. The lowest BCUT2D eigenvalue weighted by Crippen LogP contribution is -2.34. The number of hydrogen-bond donors (Lipinski definition) is 1. The van der Waals surface area contributed by atoms with Gasteiger partial charge in [0, 0.05) is 25.8 Å². The molecular formula is C11H13ClF3N3. The Morgan fingerprint density at radius 2 is 2.22 bits per heavy atom. The first-order valence-electron chi connectivity index (χ1n) is 5.56. The quantitative estimate of drug-likeness (QED) is 0.902. The minimum absolute atomic E-state index is 0.0271. The maximum atomic E-state index is 12.5. The van der Waals surface area contributed by atoms with Crippen molar-refractivity contribution in [2.75, 3.05) is 25.0 Å². The van der Waals surface area contributed by atoms with Crippen molar-refractivity contribution in [1.29, 1.82) is 0 Å². The second-order valence-corrected chi connectivity index (χ2v) is 4.69. The highest BCUT2D eigenvalue weighted by Crippen LogP contribution is 2.33. The van der Waals surface area contributed by atoms with E-state index in [0.717, 1.165) is 31.8 Å². The first-order valence-corrected chi connectivity index (χ1v) is 5.93. The van der Waals surface area contributed by atoms with E-state index >= 15 is 0 Å². The molecule has 3 nitrogen and oxygen atoms in total. The number of pyridine rings is 1. The molecule has 1 aliphatic rings. The summed E-state index contributed by atoms with van der Waals surface area (Å²) in [6.07, 6.45) is -2.67. The van der Waals surface area contributed by atoms with E-state index in [-0.39, 0.29) is 11.1 Å². The lowest BCUT2D eigenvalue weighted by Gasteiger charge is -2.26. The Morgan fingerprint density at radius 3 is 2.72 bits per heavy atom. The van der Waals surface area contributed by atoms with Crippen molar-refractivity contribution in [3.05, 3.63) is 22.8 Å². The van der Waals surface area contributed by atoms with E-state index in [1.54, 1.807) is 7.05 Å². The van der Waals surface area contributed by atoms with Gasteiger partial charge >= 0.3 is 6.18 Å². The summed E-state index contributed by atoms with van der Waals surface area (Å²) in [5.41, 5.74) is -0.825. The molecule has 1 aromatic rings. The lowest BCUT2D eigenvalue weighted by atomic mass is 10.2. The van der Waals surface area contributed by atoms with Gasteiger partial charge in [0.2, 0.25) is 0 Å². The first-order chi connectivity index (χ1) is 8.39. The van der Waals surface area contributed by atoms with Crippen LogP contribution in [0.3, 0.4) is 0 Å². The van der Waals surface area contributed by atoms with Crippen LogP contribution in [-0.4, -0.2) is 31.2 Å². The summed E-state index contributed by atoms with van der Waals surface area (Å²) >= 11 is 5.88. The topological polar surface area (TPSA) is 28.2 Å². The SMILES string of the molecule is CN(c1ncc(C(F)(F)F)cc1Cl)[C@H]1CCNC1. The number of nitrogens with one attached hydrogen (secondary N) is 1. The van der Waals surface area contributed by atoms with Gasteiger partial charge in [0.15, 0.2) is 0 Å². The highest BCUT2D eigenvalue weighted by molar-refractivity contribution is 6.33. The van der Waals surface area contributed by atoms with Crippen molar-refractivity contribution in [3.63, 3.8) is 0 Å². The third-order valence-electron chi connectivity index (χ3n) is 3.07. The molecule has 0 spiro atoms. The maximum absolute atomic E-state index is 12.5. The molecule has 1 saturated heterocycles. The fourth-order valence-electron chi connectivity index (χ4n) is 1.99. The summed E-state index contributed by atoms with van der Waals surface area (Å²) in [5.74, 6) is 0.387. The van der Waals surface area contributed by atoms with Crippen molar-refractivity contribution in [1.82, 2.24) is 10.3 Å². The molecule has 1 fully saturated rings. The van der Waals surface area contributed by atoms with Crippen LogP contribution in [0.1, 0.15) is 12.0 Å². The van der Waals surface area contributed by atoms with Crippen molar-refractivity contribution >= 4 is 17.4 Å². The van der Waals surface area contributed by atoms with Crippen LogP contribution in [0.25, 0.3) is 0 Å². The smallest absolute Gasteiger partial charge is 0.354 e. The largest absolute Gasteiger partial charge is 0.417 e. The molecule has 2 heterocycles. The summed E-state index contributed by atoms with van der Waals surface area (Å²) in [4.78, 5) is 5.66. The van der Waals surface area contributed by atoms with Crippen molar-refractivity contribution in [3.8, 4) is 0 Å². The monoisotopic (exact) mass is 279 g/mol. The fourth-order valence-corrected chi connectivity index (χ4v) is 2.29. The van der Waals surface area contributed by atoms with Gasteiger partial charge in [0.05, 0.1) is 10.6 Å². The van der Waals surface area contributed by atoms with Crippen LogP contribution in [-0.2, 0) is 6.18 Å². The first kappa shape index (κ1) is 13.4. The Bertz CT molecular complexity index is 430. The van der Waals surface area contributed by atoms with Gasteiger partial charge in [-0.3, -0.25) is 0 Å². The molecule has 1 atom stereocenters. The van der Waals surface area contributed by atoms with Crippen LogP contribution in [0, 0.1) is 0 Å². The normalized spacial score (nSPS) is 20.2. The van der Waals surface area contributed by atoms with E-state index in [1.807, 2.05) is 4.90 Å². The molecular weight excluding hydrogens is 267 g/mol. The molecule has 0 aliphatic carbocycles. The van der Waals surface area contributed by atoms with Gasteiger partial charge in [-0.2, -0.15) is 13.2 Å². The molecule has 1 aliphatic heterocycles. The zero-order valence-corrected chi connectivity index (χ0v) is 10.5. The minimum Gasteiger partial charge on any atom is -0.354 e. The molecule has 0 unspecified atom stereocenters. The molecule has 1 N–H and O–H groups in total. The number of likely N-dealkylation sites (N-methyl/N-ethyl adjacent to an activating group) is 1. The maximum Gasteiger partial charge on any atom is 0.417 e. The van der Waals surface area contributed by atoms with Crippen LogP contribution in [0.2, 0.25) is 5.02 Å². The number of rotatable bonds is 2. The van der Waals surface area contributed by atoms with Crippen molar-refractivity contribution in [2.45, 2.75) is 18.6 Å². The van der Waals surface area contributed by atoms with Gasteiger partial charge in [-0.05, 0) is 19.0 Å². The Balaban J connectivity index is 2.24. The highest BCUT2D eigenvalue weighted by atomic mass is 35.5. The van der Waals surface area contributed by atoms with Gasteiger partial charge in [-0.1, -0.05) is 11.6 Å². The predicted octanol–water partition coefficient (Wildman–Crippen LogP) is 2.55. The number of halogens is 4. The van der Waals surface area contributed by atoms with Gasteiger partial charge in [0.25, 0.3) is 0 Å². The summed E-state index contributed by atoms with van der Waals surface area (Å²) in [6.45, 7) is 1.68. The Hall–Kier alpha value is -1.01. The molecule has 2 rings (SSSR count). The van der Waals surface area contributed by atoms with E-state index in [9.17, 15) is 13.2 Å². The van der Waals surface area contributed by atoms with E-state index < -0.39 is 11.7 Å². The summed E-state index contributed by atoms with van der Waals surface area (Å²) in [5, 5.41) is 3.21. The molecule has 0 aromatic carbocycles. The second-order valence-electron chi connectivity index (χ2n) is 4.28. The van der Waals surface area contributed by atoms with Gasteiger partial charge in [0.1, 0.15) is 5.82 Å². The lowest BCUT2D eigenvalue weighted by molar-refractivity contribution is -0.137. The average molecular weight is 280 g/mol. The van der Waals surface area contributed by atoms with Crippen LogP contribution >= 0.6 is 11.6 Å². The summed E-state index contributed by atoms with van der Waals surface area (Å²) < 4.78 is 37.4. The molecule has 100 valence electrons. The Labute approximate surface area is 108 Å². The zero-order valence-electron chi connectivity index (χ0n) is 9.76. The number of aromatic nitrogens is 1. The summed E-state index contributed by atoms with van der Waals surface area (Å²) in [6, 6.07) is 1.13. The molecule has 1 aromatic heterocycles. The number of hydrogen-bond acceptors (Lipinski definition) is 3. The van der Waals surface area contributed by atoms with Gasteiger partial charge in [-0.15, -0.1) is 0 Å². The second kappa shape index (κ2) is 4.93. The van der Waals surface area contributed by atoms with E-state index in [2.05, 4.69) is 10.3 Å². The third kappa shape index (κ3) is 2.70. The number of anilines is 1. The third-order valence-corrected chi connectivity index (χ3v) is 3.34. The fraction of sp³-hybridized carbons (Fsp3) is 0.545. The van der Waals surface area contributed by atoms with Crippen LogP contribution in [0.15, 0.2) is 12.3 Å². The van der Waals surface area contributed by atoms with E-state index in [0.29, 0.717) is 5.82 Å². The standard InChI is InChI=1S/C11H13ClF3N3/c1-18(8-2-3-16-6-8)10-9(12)4-7(5-17-10)11(13,14)15/h4-5,8,16H,2-3,6H2,1H3/t8-/m0/s1. The van der Waals surface area contributed by atoms with Crippen molar-refractivity contribution < 1.29 is 13.2 Å². The molecule has 0 saturated carbocycles. The zero-order chi connectivity index (χ0) is 13.3. The van der Waals surface area contributed by atoms with Gasteiger partial charge in [-0.25, -0.2) is 4.98 Å². The van der Waals surface area contributed by atoms with Crippen LogP contribution in [0.4, 0.5) is 19.0 Å². The molecule has 18 heavy (non-hydrogen) atoms. The Kier molecular flexibility index (Phi) is 3.68. The average Bonchev–Trinajstić information content (AvgIpc) is 2.80. The molecule has 7 heteroatoms. The number of alkyl halides is 3. The minimum atomic E-state index is -4.41. The van der Waals surface area contributed by atoms with Crippen molar-refractivity contribution in [2.24, 2.45) is 0 Å². The van der Waals surface area contributed by atoms with Crippen LogP contribution < -0.4 is 10.2 Å².